The maximum absolute atomic E-state index is 12.7. The molecule has 2 aliphatic rings. The van der Waals surface area contributed by atoms with Gasteiger partial charge in [0.05, 0.1) is 31.6 Å². The van der Waals surface area contributed by atoms with Crippen LogP contribution < -0.4 is 0 Å². The highest BCUT2D eigenvalue weighted by Crippen LogP contribution is 2.22. The van der Waals surface area contributed by atoms with Crippen molar-refractivity contribution in [3.8, 4) is 0 Å². The van der Waals surface area contributed by atoms with Crippen molar-refractivity contribution in [3.05, 3.63) is 52.3 Å². The molecule has 5 nitrogen and oxygen atoms in total. The Morgan fingerprint density at radius 1 is 1.24 bits per heavy atom. The normalized spacial score (nSPS) is 17.2. The fourth-order valence-electron chi connectivity index (χ4n) is 3.07. The minimum atomic E-state index is 0.101. The Labute approximate surface area is 122 Å². The minimum Gasteiger partial charge on any atom is -0.376 e. The molecule has 3 heterocycles. The highest BCUT2D eigenvalue weighted by molar-refractivity contribution is 5.94. The first-order valence-corrected chi connectivity index (χ1v) is 7.31. The van der Waals surface area contributed by atoms with Gasteiger partial charge in [-0.15, -0.1) is 0 Å². The van der Waals surface area contributed by atoms with Gasteiger partial charge in [0.2, 0.25) is 0 Å². The molecule has 108 valence electrons. The second-order valence-corrected chi connectivity index (χ2v) is 5.64. The van der Waals surface area contributed by atoms with E-state index in [1.807, 2.05) is 29.3 Å². The Bertz CT molecular complexity index is 693. The lowest BCUT2D eigenvalue weighted by molar-refractivity contribution is 0.0731. The molecule has 1 amide bonds. The molecule has 0 bridgehead atoms. The van der Waals surface area contributed by atoms with Crippen molar-refractivity contribution in [2.24, 2.45) is 0 Å². The fraction of sp³-hybridized carbons (Fsp3) is 0.375. The van der Waals surface area contributed by atoms with Crippen LogP contribution in [0.25, 0.3) is 0 Å². The third kappa shape index (κ3) is 2.23. The molecule has 0 atom stereocenters. The number of hydrogen-bond acceptors (Lipinski definition) is 3. The van der Waals surface area contributed by atoms with Crippen molar-refractivity contribution in [2.75, 3.05) is 13.2 Å². The monoisotopic (exact) mass is 283 g/mol. The van der Waals surface area contributed by atoms with E-state index in [-0.39, 0.29) is 5.91 Å². The largest absolute Gasteiger partial charge is 0.376 e. The van der Waals surface area contributed by atoms with Gasteiger partial charge in [-0.05, 0) is 41.7 Å². The third-order valence-corrected chi connectivity index (χ3v) is 4.32. The van der Waals surface area contributed by atoms with Gasteiger partial charge < -0.3 is 9.64 Å². The molecular weight excluding hydrogens is 266 g/mol. The molecule has 0 aliphatic carbocycles. The van der Waals surface area contributed by atoms with Gasteiger partial charge in [-0.1, -0.05) is 6.07 Å². The number of carbonyl (C=O) groups excluding carboxylic acids is 1. The number of rotatable bonds is 1. The van der Waals surface area contributed by atoms with Crippen LogP contribution in [-0.2, 0) is 30.7 Å². The van der Waals surface area contributed by atoms with Crippen molar-refractivity contribution in [1.29, 1.82) is 0 Å². The SMILES string of the molecule is O=C(c1ccc2c(c1)CCOC2)N1CCc2cn[nH]c2C1. The molecule has 1 aromatic heterocycles. The summed E-state index contributed by atoms with van der Waals surface area (Å²) >= 11 is 0. The molecule has 1 N–H and O–H groups in total. The van der Waals surface area contributed by atoms with Crippen LogP contribution in [0, 0.1) is 0 Å². The molecule has 0 fully saturated rings. The predicted molar refractivity (Wildman–Crippen MR) is 76.8 cm³/mol. The highest BCUT2D eigenvalue weighted by Gasteiger charge is 2.23. The van der Waals surface area contributed by atoms with Crippen molar-refractivity contribution in [2.45, 2.75) is 26.0 Å². The molecule has 0 spiro atoms. The number of aromatic nitrogens is 2. The van der Waals surface area contributed by atoms with Crippen molar-refractivity contribution in [3.63, 3.8) is 0 Å². The zero-order valence-electron chi connectivity index (χ0n) is 11.8. The second-order valence-electron chi connectivity index (χ2n) is 5.64. The predicted octanol–water partition coefficient (Wildman–Crippen LogP) is 1.68. The molecule has 0 saturated heterocycles. The van der Waals surface area contributed by atoms with Crippen LogP contribution in [-0.4, -0.2) is 34.2 Å². The van der Waals surface area contributed by atoms with E-state index in [9.17, 15) is 4.79 Å². The summed E-state index contributed by atoms with van der Waals surface area (Å²) in [5.41, 5.74) is 5.50. The summed E-state index contributed by atoms with van der Waals surface area (Å²) in [6.07, 6.45) is 3.62. The number of carbonyl (C=O) groups is 1. The van der Waals surface area contributed by atoms with Gasteiger partial charge in [0.25, 0.3) is 5.91 Å². The van der Waals surface area contributed by atoms with E-state index in [0.29, 0.717) is 13.2 Å². The molecule has 2 aliphatic heterocycles. The number of H-pyrrole nitrogens is 1. The average molecular weight is 283 g/mol. The lowest BCUT2D eigenvalue weighted by atomic mass is 9.99. The number of benzene rings is 1. The number of nitrogens with zero attached hydrogens (tertiary/aromatic N) is 2. The third-order valence-electron chi connectivity index (χ3n) is 4.32. The Morgan fingerprint density at radius 2 is 2.19 bits per heavy atom. The summed E-state index contributed by atoms with van der Waals surface area (Å²) in [6.45, 7) is 2.77. The first-order chi connectivity index (χ1) is 10.3. The van der Waals surface area contributed by atoms with E-state index in [0.717, 1.165) is 37.3 Å². The smallest absolute Gasteiger partial charge is 0.254 e. The van der Waals surface area contributed by atoms with Crippen LogP contribution in [0.1, 0.15) is 32.7 Å². The summed E-state index contributed by atoms with van der Waals surface area (Å²) in [6, 6.07) is 5.97. The molecule has 21 heavy (non-hydrogen) atoms. The molecule has 4 rings (SSSR count). The first-order valence-electron chi connectivity index (χ1n) is 7.31. The molecule has 5 heteroatoms. The van der Waals surface area contributed by atoms with Gasteiger partial charge in [0.15, 0.2) is 0 Å². The summed E-state index contributed by atoms with van der Waals surface area (Å²) in [7, 11) is 0. The topological polar surface area (TPSA) is 58.2 Å². The molecule has 1 aromatic carbocycles. The molecular formula is C16H17N3O2. The van der Waals surface area contributed by atoms with Crippen molar-refractivity contribution in [1.82, 2.24) is 15.1 Å². The van der Waals surface area contributed by atoms with Gasteiger partial charge in [-0.2, -0.15) is 5.10 Å². The Hall–Kier alpha value is -2.14. The van der Waals surface area contributed by atoms with E-state index in [2.05, 4.69) is 10.2 Å². The zero-order valence-corrected chi connectivity index (χ0v) is 11.8. The van der Waals surface area contributed by atoms with Gasteiger partial charge in [-0.25, -0.2) is 0 Å². The summed E-state index contributed by atoms with van der Waals surface area (Å²) < 4.78 is 5.44. The van der Waals surface area contributed by atoms with Gasteiger partial charge in [-0.3, -0.25) is 9.89 Å². The first kappa shape index (κ1) is 12.6. The van der Waals surface area contributed by atoms with Gasteiger partial charge >= 0.3 is 0 Å². The highest BCUT2D eigenvalue weighted by atomic mass is 16.5. The van der Waals surface area contributed by atoms with Crippen LogP contribution in [0.15, 0.2) is 24.4 Å². The molecule has 0 saturated carbocycles. The zero-order chi connectivity index (χ0) is 14.2. The summed E-state index contributed by atoms with van der Waals surface area (Å²) in [4.78, 5) is 14.6. The lowest BCUT2D eigenvalue weighted by Gasteiger charge is -2.27. The molecule has 2 aromatic rings. The maximum Gasteiger partial charge on any atom is 0.254 e. The van der Waals surface area contributed by atoms with Crippen LogP contribution in [0.5, 0.6) is 0 Å². The van der Waals surface area contributed by atoms with Crippen molar-refractivity contribution < 1.29 is 9.53 Å². The van der Waals surface area contributed by atoms with Gasteiger partial charge in [0, 0.05) is 12.1 Å². The minimum absolute atomic E-state index is 0.101. The van der Waals surface area contributed by atoms with E-state index in [1.165, 1.54) is 16.7 Å². The lowest BCUT2D eigenvalue weighted by Crippen LogP contribution is -2.36. The maximum atomic E-state index is 12.7. The second kappa shape index (κ2) is 5.00. The summed E-state index contributed by atoms with van der Waals surface area (Å²) in [5.74, 6) is 0.101. The Balaban J connectivity index is 1.58. The van der Waals surface area contributed by atoms with Crippen LogP contribution in [0.2, 0.25) is 0 Å². The van der Waals surface area contributed by atoms with E-state index >= 15 is 0 Å². The molecule has 0 radical (unpaired) electrons. The number of fused-ring (bicyclic) bond motifs is 2. The average Bonchev–Trinajstić information content (AvgIpc) is 3.01. The van der Waals surface area contributed by atoms with E-state index in [4.69, 9.17) is 4.74 Å². The van der Waals surface area contributed by atoms with Crippen LogP contribution in [0.4, 0.5) is 0 Å². The van der Waals surface area contributed by atoms with Crippen molar-refractivity contribution >= 4 is 5.91 Å². The number of nitrogens with one attached hydrogen (secondary N) is 1. The standard InChI is InChI=1S/C16H17N3O2/c20-16(19-5-3-13-8-17-18-15(13)9-19)12-1-2-14-10-21-6-4-11(14)7-12/h1-2,7-8H,3-6,9-10H2,(H,17,18). The number of amides is 1. The number of hydrogen-bond donors (Lipinski definition) is 1. The Morgan fingerprint density at radius 3 is 3.14 bits per heavy atom. The van der Waals surface area contributed by atoms with Crippen LogP contribution in [0.3, 0.4) is 0 Å². The fourth-order valence-corrected chi connectivity index (χ4v) is 3.07. The van der Waals surface area contributed by atoms with Crippen LogP contribution >= 0.6 is 0 Å². The van der Waals surface area contributed by atoms with E-state index < -0.39 is 0 Å². The Kier molecular flexibility index (Phi) is 3.00. The van der Waals surface area contributed by atoms with E-state index in [1.54, 1.807) is 0 Å². The van der Waals surface area contributed by atoms with Gasteiger partial charge in [0.1, 0.15) is 0 Å². The quantitative estimate of drug-likeness (QED) is 0.866. The molecule has 0 unspecified atom stereocenters. The number of aromatic amines is 1. The summed E-state index contributed by atoms with van der Waals surface area (Å²) in [5, 5.41) is 7.03. The number of ether oxygens (including phenoxy) is 1.